The number of aromatic nitrogens is 3. The lowest BCUT2D eigenvalue weighted by Crippen LogP contribution is -2.43. The third-order valence-corrected chi connectivity index (χ3v) is 8.98. The Morgan fingerprint density at radius 3 is 2.74 bits per heavy atom. The number of halogens is 3. The van der Waals surface area contributed by atoms with Gasteiger partial charge in [0, 0.05) is 43.2 Å². The lowest BCUT2D eigenvalue weighted by Gasteiger charge is -2.31. The predicted molar refractivity (Wildman–Crippen MR) is 154 cm³/mol. The van der Waals surface area contributed by atoms with Crippen LogP contribution in [0, 0.1) is 24.0 Å². The number of aromatic hydroxyl groups is 1. The van der Waals surface area contributed by atoms with Gasteiger partial charge in [-0.3, -0.25) is 9.88 Å². The first kappa shape index (κ1) is 26.8. The van der Waals surface area contributed by atoms with Gasteiger partial charge in [0.1, 0.15) is 41.4 Å². The number of rotatable bonds is 5. The molecule has 10 heteroatoms. The number of phenolic OH excluding ortho intramolecular Hbond substituents is 1. The number of terminal acetylenes is 1. The van der Waals surface area contributed by atoms with Gasteiger partial charge in [0.15, 0.2) is 5.82 Å². The van der Waals surface area contributed by atoms with Crippen molar-refractivity contribution in [3.63, 3.8) is 0 Å². The van der Waals surface area contributed by atoms with Gasteiger partial charge in [-0.05, 0) is 62.2 Å². The molecule has 3 fully saturated rings. The predicted octanol–water partition coefficient (Wildman–Crippen LogP) is 5.76. The van der Waals surface area contributed by atoms with Crippen LogP contribution in [0.25, 0.3) is 32.9 Å². The van der Waals surface area contributed by atoms with Gasteiger partial charge in [-0.2, -0.15) is 9.97 Å². The highest BCUT2D eigenvalue weighted by molar-refractivity contribution is 6.03. The Hall–Kier alpha value is -4.10. The van der Waals surface area contributed by atoms with E-state index in [1.54, 1.807) is 0 Å². The molecule has 2 aromatic heterocycles. The van der Waals surface area contributed by atoms with Gasteiger partial charge in [-0.1, -0.05) is 12.0 Å². The van der Waals surface area contributed by atoms with Crippen LogP contribution in [0.2, 0.25) is 0 Å². The Kier molecular flexibility index (Phi) is 6.58. The molecule has 1 N–H and O–H groups in total. The van der Waals surface area contributed by atoms with E-state index >= 15 is 4.39 Å². The smallest absolute Gasteiger partial charge is 0.319 e. The van der Waals surface area contributed by atoms with Crippen LogP contribution >= 0.6 is 0 Å². The third-order valence-electron chi connectivity index (χ3n) is 8.98. The van der Waals surface area contributed by atoms with Crippen LogP contribution in [-0.4, -0.2) is 69.5 Å². The molecule has 2 aromatic carbocycles. The summed E-state index contributed by atoms with van der Waals surface area (Å²) in [5, 5.41) is 11.6. The van der Waals surface area contributed by atoms with Gasteiger partial charge in [-0.25, -0.2) is 13.2 Å². The molecule has 0 spiro atoms. The maximum atomic E-state index is 16.6. The van der Waals surface area contributed by atoms with Crippen molar-refractivity contribution in [2.24, 2.45) is 0 Å². The Morgan fingerprint density at radius 2 is 1.93 bits per heavy atom. The number of ether oxygens (including phenoxy) is 1. The number of anilines is 1. The topological polar surface area (TPSA) is 74.6 Å². The molecule has 0 aliphatic carbocycles. The zero-order chi connectivity index (χ0) is 29.0. The Bertz CT molecular complexity index is 1750. The first-order valence-corrected chi connectivity index (χ1v) is 14.4. The van der Waals surface area contributed by atoms with Crippen molar-refractivity contribution in [3.05, 3.63) is 47.7 Å². The van der Waals surface area contributed by atoms with E-state index < -0.39 is 23.3 Å². The van der Waals surface area contributed by atoms with E-state index in [0.717, 1.165) is 51.7 Å². The summed E-state index contributed by atoms with van der Waals surface area (Å²) in [6.07, 6.45) is 11.5. The average Bonchev–Trinajstić information content (AvgIpc) is 3.52. The van der Waals surface area contributed by atoms with Crippen molar-refractivity contribution < 1.29 is 23.0 Å². The van der Waals surface area contributed by atoms with E-state index in [9.17, 15) is 13.9 Å². The second-order valence-corrected chi connectivity index (χ2v) is 11.6. The van der Waals surface area contributed by atoms with E-state index in [1.807, 2.05) is 0 Å². The minimum Gasteiger partial charge on any atom is -0.508 e. The zero-order valence-corrected chi connectivity index (χ0v) is 23.0. The first-order valence-electron chi connectivity index (χ1n) is 14.4. The number of hydrogen-bond acceptors (Lipinski definition) is 7. The maximum absolute atomic E-state index is 16.6. The molecule has 0 unspecified atom stereocenters. The van der Waals surface area contributed by atoms with Gasteiger partial charge in [0.25, 0.3) is 0 Å². The zero-order valence-electron chi connectivity index (χ0n) is 23.0. The van der Waals surface area contributed by atoms with Gasteiger partial charge in [-0.15, -0.1) is 6.42 Å². The molecule has 5 heterocycles. The lowest BCUT2D eigenvalue weighted by molar-refractivity contribution is 0.107. The summed E-state index contributed by atoms with van der Waals surface area (Å²) in [7, 11) is 0. The van der Waals surface area contributed by atoms with Crippen molar-refractivity contribution in [2.45, 2.75) is 50.2 Å². The Labute approximate surface area is 241 Å². The summed E-state index contributed by atoms with van der Waals surface area (Å²) in [5.74, 6) is 1.35. The quantitative estimate of drug-likeness (QED) is 0.305. The van der Waals surface area contributed by atoms with E-state index in [0.29, 0.717) is 29.6 Å². The molecular formula is C32H30F3N5O2. The second-order valence-electron chi connectivity index (χ2n) is 11.6. The highest BCUT2D eigenvalue weighted by atomic mass is 19.1. The molecule has 2 atom stereocenters. The fraction of sp³-hybridized carbons (Fsp3) is 0.406. The van der Waals surface area contributed by atoms with Crippen LogP contribution in [0.5, 0.6) is 11.8 Å². The van der Waals surface area contributed by atoms with Crippen LogP contribution in [0.4, 0.5) is 19.0 Å². The SMILES string of the molecule is C#Cc1c(F)ccc2cc(O)cc(-c3ncc4c(N5CCCCC5)nc(OC[C@@]56CCCN5C[C@H](F)C6)nc4c3F)c12. The molecule has 7 rings (SSSR count). The number of piperidine rings is 1. The van der Waals surface area contributed by atoms with E-state index in [-0.39, 0.29) is 46.1 Å². The number of nitrogens with zero attached hydrogens (tertiary/aromatic N) is 5. The molecule has 7 nitrogen and oxygen atoms in total. The molecular weight excluding hydrogens is 543 g/mol. The standard InChI is InChI=1S/C32H30F3N5O2/c1-2-22-25(34)8-7-19-13-21(41)14-23(26(19)22)28-27(35)29-24(16-36-28)30(39-10-4-3-5-11-39)38-31(37-29)42-18-32-9-6-12-40(32)17-20(33)15-32/h1,7-8,13-14,16,20,41H,3-6,9-12,15,17-18H2/t20-,32+/m1/s1. The molecule has 0 radical (unpaired) electrons. The molecule has 3 aliphatic heterocycles. The Balaban J connectivity index is 1.38. The van der Waals surface area contributed by atoms with Crippen LogP contribution in [-0.2, 0) is 0 Å². The molecule has 3 saturated heterocycles. The molecule has 3 aliphatic rings. The number of pyridine rings is 1. The monoisotopic (exact) mass is 573 g/mol. The molecule has 4 aromatic rings. The fourth-order valence-electron chi connectivity index (χ4n) is 7.02. The van der Waals surface area contributed by atoms with Gasteiger partial charge in [0.05, 0.1) is 16.5 Å². The van der Waals surface area contributed by atoms with Crippen LogP contribution in [0.1, 0.15) is 44.1 Å². The van der Waals surface area contributed by atoms with E-state index in [2.05, 4.69) is 25.7 Å². The van der Waals surface area contributed by atoms with Crippen molar-refractivity contribution in [2.75, 3.05) is 37.7 Å². The number of fused-ring (bicyclic) bond motifs is 3. The van der Waals surface area contributed by atoms with Gasteiger partial charge < -0.3 is 14.7 Å². The summed E-state index contributed by atoms with van der Waals surface area (Å²) < 4.78 is 51.8. The van der Waals surface area contributed by atoms with Crippen molar-refractivity contribution in [1.82, 2.24) is 19.9 Å². The summed E-state index contributed by atoms with van der Waals surface area (Å²) >= 11 is 0. The number of alkyl halides is 1. The minimum absolute atomic E-state index is 0.00343. The lowest BCUT2D eigenvalue weighted by atomic mass is 9.95. The summed E-state index contributed by atoms with van der Waals surface area (Å²) in [6, 6.07) is 5.47. The number of phenols is 1. The summed E-state index contributed by atoms with van der Waals surface area (Å²) in [5.41, 5.74) is -0.445. The maximum Gasteiger partial charge on any atom is 0.319 e. The molecule has 0 saturated carbocycles. The van der Waals surface area contributed by atoms with Crippen LogP contribution < -0.4 is 9.64 Å². The summed E-state index contributed by atoms with van der Waals surface area (Å²) in [4.78, 5) is 17.9. The molecule has 0 amide bonds. The number of hydrogen-bond donors (Lipinski definition) is 1. The van der Waals surface area contributed by atoms with Crippen molar-refractivity contribution >= 4 is 27.5 Å². The van der Waals surface area contributed by atoms with E-state index in [4.69, 9.17) is 16.1 Å². The highest BCUT2D eigenvalue weighted by Crippen LogP contribution is 2.42. The largest absolute Gasteiger partial charge is 0.508 e. The average molecular weight is 574 g/mol. The van der Waals surface area contributed by atoms with Crippen LogP contribution in [0.3, 0.4) is 0 Å². The van der Waals surface area contributed by atoms with E-state index in [1.165, 1.54) is 30.5 Å². The molecule has 0 bridgehead atoms. The Morgan fingerprint density at radius 1 is 1.10 bits per heavy atom. The van der Waals surface area contributed by atoms with Gasteiger partial charge >= 0.3 is 6.01 Å². The van der Waals surface area contributed by atoms with Crippen molar-refractivity contribution in [3.8, 4) is 35.4 Å². The fourth-order valence-corrected chi connectivity index (χ4v) is 7.02. The van der Waals surface area contributed by atoms with Crippen LogP contribution in [0.15, 0.2) is 30.5 Å². The highest BCUT2D eigenvalue weighted by Gasteiger charge is 2.49. The molecule has 216 valence electrons. The summed E-state index contributed by atoms with van der Waals surface area (Å²) in [6.45, 7) is 2.92. The minimum atomic E-state index is -0.906. The third kappa shape index (κ3) is 4.38. The van der Waals surface area contributed by atoms with Crippen molar-refractivity contribution in [1.29, 1.82) is 0 Å². The van der Waals surface area contributed by atoms with Gasteiger partial charge in [0.2, 0.25) is 0 Å². The first-order chi connectivity index (χ1) is 20.4. The number of benzene rings is 2. The second kappa shape index (κ2) is 10.3. The molecule has 42 heavy (non-hydrogen) atoms. The normalized spacial score (nSPS) is 22.5.